The molecule has 4 heteroatoms. The van der Waals surface area contributed by atoms with Crippen molar-refractivity contribution in [2.75, 3.05) is 0 Å². The molecule has 0 bridgehead atoms. The van der Waals surface area contributed by atoms with Gasteiger partial charge in [0, 0.05) is 22.3 Å². The number of hydrogen-bond donors (Lipinski definition) is 0. The van der Waals surface area contributed by atoms with Crippen molar-refractivity contribution in [1.29, 1.82) is 0 Å². The topological polar surface area (TPSA) is 52.6 Å². The van der Waals surface area contributed by atoms with Gasteiger partial charge in [-0.1, -0.05) is 53.7 Å². The fraction of sp³-hybridized carbons (Fsp3) is 0.385. The predicted molar refractivity (Wildman–Crippen MR) is 118 cm³/mol. The maximum Gasteiger partial charge on any atom is 0.345 e. The van der Waals surface area contributed by atoms with E-state index in [9.17, 15) is 9.59 Å². The van der Waals surface area contributed by atoms with Gasteiger partial charge >= 0.3 is 11.9 Å². The molecule has 0 radical (unpaired) electrons. The lowest BCUT2D eigenvalue weighted by Gasteiger charge is -2.22. The Hall–Kier alpha value is -2.88. The first-order chi connectivity index (χ1) is 13.8. The molecule has 0 unspecified atom stereocenters. The number of carbonyl (C=O) groups is 2. The number of ether oxygens (including phenoxy) is 2. The van der Waals surface area contributed by atoms with Gasteiger partial charge in [0.2, 0.25) is 0 Å². The molecule has 2 aliphatic rings. The van der Waals surface area contributed by atoms with E-state index in [2.05, 4.69) is 41.5 Å². The third-order valence-electron chi connectivity index (χ3n) is 5.67. The number of rotatable bonds is 0. The van der Waals surface area contributed by atoms with Gasteiger partial charge in [-0.15, -0.1) is 0 Å². The van der Waals surface area contributed by atoms with Crippen LogP contribution in [0, 0.1) is 13.8 Å². The zero-order valence-corrected chi connectivity index (χ0v) is 18.9. The van der Waals surface area contributed by atoms with Crippen molar-refractivity contribution in [3.05, 3.63) is 57.6 Å². The van der Waals surface area contributed by atoms with Gasteiger partial charge in [0.05, 0.1) is 11.1 Å². The van der Waals surface area contributed by atoms with Gasteiger partial charge < -0.3 is 9.47 Å². The van der Waals surface area contributed by atoms with Crippen molar-refractivity contribution >= 4 is 23.1 Å². The van der Waals surface area contributed by atoms with E-state index in [-0.39, 0.29) is 10.8 Å². The molecule has 0 saturated carbocycles. The SMILES string of the molecule is Cc1cc2c(c(C(C)(C)C)c1)OC(=O)/C2=C1/C(=O)Oc2c1cc(C)cc2C(C)(C)C. The van der Waals surface area contributed by atoms with Gasteiger partial charge in [0.1, 0.15) is 11.5 Å². The lowest BCUT2D eigenvalue weighted by Crippen LogP contribution is -2.13. The van der Waals surface area contributed by atoms with Crippen LogP contribution in [0.4, 0.5) is 0 Å². The minimum absolute atomic E-state index is 0.208. The Morgan fingerprint density at radius 2 is 0.933 bits per heavy atom. The van der Waals surface area contributed by atoms with E-state index >= 15 is 0 Å². The van der Waals surface area contributed by atoms with Crippen LogP contribution in [-0.4, -0.2) is 11.9 Å². The zero-order chi connectivity index (χ0) is 22.2. The second-order valence-electron chi connectivity index (χ2n) is 10.4. The molecule has 2 heterocycles. The maximum absolute atomic E-state index is 13.0. The van der Waals surface area contributed by atoms with E-state index in [4.69, 9.17) is 9.47 Å². The number of esters is 2. The van der Waals surface area contributed by atoms with Crippen molar-refractivity contribution in [2.24, 2.45) is 0 Å². The molecule has 2 aliphatic heterocycles. The van der Waals surface area contributed by atoms with Gasteiger partial charge in [0.15, 0.2) is 0 Å². The highest BCUT2D eigenvalue weighted by Crippen LogP contribution is 2.50. The van der Waals surface area contributed by atoms with Gasteiger partial charge in [-0.2, -0.15) is 0 Å². The summed E-state index contributed by atoms with van der Waals surface area (Å²) >= 11 is 0. The van der Waals surface area contributed by atoms with E-state index in [1.54, 1.807) is 0 Å². The first-order valence-electron chi connectivity index (χ1n) is 10.3. The Kier molecular flexibility index (Phi) is 4.29. The average Bonchev–Trinajstić information content (AvgIpc) is 3.07. The van der Waals surface area contributed by atoms with E-state index in [1.807, 2.05) is 38.1 Å². The van der Waals surface area contributed by atoms with Crippen LogP contribution in [-0.2, 0) is 20.4 Å². The molecular weight excluding hydrogens is 376 g/mol. The summed E-state index contributed by atoms with van der Waals surface area (Å²) in [4.78, 5) is 26.1. The van der Waals surface area contributed by atoms with Crippen molar-refractivity contribution in [3.63, 3.8) is 0 Å². The van der Waals surface area contributed by atoms with Crippen LogP contribution in [0.1, 0.15) is 74.9 Å². The van der Waals surface area contributed by atoms with Crippen molar-refractivity contribution in [2.45, 2.75) is 66.2 Å². The third-order valence-corrected chi connectivity index (χ3v) is 5.67. The Balaban J connectivity index is 2.06. The smallest absolute Gasteiger partial charge is 0.345 e. The molecule has 4 rings (SSSR count). The highest BCUT2D eigenvalue weighted by Gasteiger charge is 2.42. The molecule has 0 N–H and O–H groups in total. The summed E-state index contributed by atoms with van der Waals surface area (Å²) in [5.74, 6) is 0.0931. The van der Waals surface area contributed by atoms with Crippen LogP contribution in [0.15, 0.2) is 24.3 Å². The van der Waals surface area contributed by atoms with Gasteiger partial charge in [0.25, 0.3) is 0 Å². The van der Waals surface area contributed by atoms with Crippen LogP contribution in [0.3, 0.4) is 0 Å². The van der Waals surface area contributed by atoms with Crippen LogP contribution in [0.5, 0.6) is 11.5 Å². The molecule has 4 nitrogen and oxygen atoms in total. The summed E-state index contributed by atoms with van der Waals surface area (Å²) in [5.41, 5.74) is 5.46. The van der Waals surface area contributed by atoms with Crippen LogP contribution < -0.4 is 9.47 Å². The van der Waals surface area contributed by atoms with E-state index in [0.29, 0.717) is 33.8 Å². The average molecular weight is 405 g/mol. The summed E-state index contributed by atoms with van der Waals surface area (Å²) in [5, 5.41) is 0. The number of benzene rings is 2. The third kappa shape index (κ3) is 3.06. The van der Waals surface area contributed by atoms with Crippen molar-refractivity contribution < 1.29 is 19.1 Å². The fourth-order valence-corrected chi connectivity index (χ4v) is 4.23. The van der Waals surface area contributed by atoms with Crippen molar-refractivity contribution in [3.8, 4) is 11.5 Å². The predicted octanol–water partition coefficient (Wildman–Crippen LogP) is 5.65. The van der Waals surface area contributed by atoms with Gasteiger partial charge in [-0.3, -0.25) is 0 Å². The molecule has 0 spiro atoms. The summed E-state index contributed by atoms with van der Waals surface area (Å²) < 4.78 is 11.5. The number of carbonyl (C=O) groups excluding carboxylic acids is 2. The summed E-state index contributed by atoms with van der Waals surface area (Å²) in [6.07, 6.45) is 0. The lowest BCUT2D eigenvalue weighted by atomic mass is 9.82. The molecule has 0 atom stereocenters. The highest BCUT2D eigenvalue weighted by atomic mass is 16.5. The van der Waals surface area contributed by atoms with Crippen molar-refractivity contribution in [1.82, 2.24) is 0 Å². The first kappa shape index (κ1) is 20.4. The number of aryl methyl sites for hydroxylation is 2. The molecule has 0 saturated heterocycles. The van der Waals surface area contributed by atoms with Crippen LogP contribution in [0.25, 0.3) is 11.1 Å². The summed E-state index contributed by atoms with van der Waals surface area (Å²) in [6.45, 7) is 16.5. The Morgan fingerprint density at radius 3 is 1.23 bits per heavy atom. The Morgan fingerprint density at radius 1 is 0.600 bits per heavy atom. The quantitative estimate of drug-likeness (QED) is 0.324. The van der Waals surface area contributed by atoms with Crippen LogP contribution >= 0.6 is 0 Å². The zero-order valence-electron chi connectivity index (χ0n) is 18.9. The summed E-state index contributed by atoms with van der Waals surface area (Å²) in [7, 11) is 0. The van der Waals surface area contributed by atoms with E-state index in [0.717, 1.165) is 22.3 Å². The van der Waals surface area contributed by atoms with E-state index < -0.39 is 11.9 Å². The largest absolute Gasteiger partial charge is 0.422 e. The number of hydrogen-bond acceptors (Lipinski definition) is 4. The Labute approximate surface area is 177 Å². The lowest BCUT2D eigenvalue weighted by molar-refractivity contribution is -0.129. The van der Waals surface area contributed by atoms with Gasteiger partial charge in [-0.25, -0.2) is 9.59 Å². The molecular formula is C26H28O4. The molecule has 0 amide bonds. The second kappa shape index (κ2) is 6.31. The molecule has 30 heavy (non-hydrogen) atoms. The number of fused-ring (bicyclic) bond motifs is 2. The standard InChI is InChI=1S/C26H28O4/c1-13-9-15-19(23(27)29-21(15)17(11-13)25(3,4)5)20-16-10-14(2)12-18(26(6,7)8)22(16)30-24(20)28/h9-12H,1-8H3/b20-19+. The molecule has 0 fully saturated rings. The molecule has 156 valence electrons. The normalized spacial score (nSPS) is 18.3. The molecule has 2 aromatic rings. The van der Waals surface area contributed by atoms with Gasteiger partial charge in [-0.05, 0) is 47.9 Å². The summed E-state index contributed by atoms with van der Waals surface area (Å²) in [6, 6.07) is 7.93. The second-order valence-corrected chi connectivity index (χ2v) is 10.4. The minimum atomic E-state index is -0.500. The maximum atomic E-state index is 13.0. The monoisotopic (exact) mass is 404 g/mol. The Bertz CT molecular complexity index is 1060. The van der Waals surface area contributed by atoms with E-state index in [1.165, 1.54) is 0 Å². The minimum Gasteiger partial charge on any atom is -0.422 e. The molecule has 0 aromatic heterocycles. The highest BCUT2D eigenvalue weighted by molar-refractivity contribution is 6.41. The molecule has 2 aromatic carbocycles. The fourth-order valence-electron chi connectivity index (χ4n) is 4.23. The first-order valence-corrected chi connectivity index (χ1v) is 10.3. The van der Waals surface area contributed by atoms with Crippen LogP contribution in [0.2, 0.25) is 0 Å². The molecule has 0 aliphatic carbocycles.